The van der Waals surface area contributed by atoms with Crippen LogP contribution in [0, 0.1) is 6.92 Å². The third-order valence-corrected chi connectivity index (χ3v) is 5.28. The lowest BCUT2D eigenvalue weighted by molar-refractivity contribution is -0.113. The molecule has 4 nitrogen and oxygen atoms in total. The molecule has 0 aromatic heterocycles. The number of rotatable bonds is 5. The number of hydrogen-bond donors (Lipinski definition) is 0. The van der Waals surface area contributed by atoms with Gasteiger partial charge in [-0.2, -0.15) is 0 Å². The van der Waals surface area contributed by atoms with Crippen molar-refractivity contribution in [3.05, 3.63) is 99.7 Å². The van der Waals surface area contributed by atoms with E-state index in [0.717, 1.165) is 27.0 Å². The van der Waals surface area contributed by atoms with Crippen LogP contribution < -0.4 is 9.64 Å². The van der Waals surface area contributed by atoms with Gasteiger partial charge >= 0.3 is 0 Å². The molecule has 1 aliphatic heterocycles. The van der Waals surface area contributed by atoms with Gasteiger partial charge < -0.3 is 4.74 Å². The molecule has 3 aromatic rings. The zero-order valence-electron chi connectivity index (χ0n) is 16.8. The second kappa shape index (κ2) is 8.67. The summed E-state index contributed by atoms with van der Waals surface area (Å²) >= 11 is 3.46. The predicted octanol–water partition coefficient (Wildman–Crippen LogP) is 5.99. The molecule has 0 saturated heterocycles. The lowest BCUT2D eigenvalue weighted by Crippen LogP contribution is -2.32. The highest BCUT2D eigenvalue weighted by Gasteiger charge is 2.32. The molecule has 0 unspecified atom stereocenters. The first-order valence-electron chi connectivity index (χ1n) is 9.75. The minimum absolute atomic E-state index is 0.155. The van der Waals surface area contributed by atoms with E-state index in [1.807, 2.05) is 92.7 Å². The van der Waals surface area contributed by atoms with Crippen LogP contribution in [-0.2, 0) is 4.79 Å². The average molecular weight is 461 g/mol. The van der Waals surface area contributed by atoms with Crippen molar-refractivity contribution < 1.29 is 9.53 Å². The first-order chi connectivity index (χ1) is 14.5. The van der Waals surface area contributed by atoms with Gasteiger partial charge in [-0.3, -0.25) is 9.69 Å². The van der Waals surface area contributed by atoms with Crippen molar-refractivity contribution in [2.75, 3.05) is 11.5 Å². The van der Waals surface area contributed by atoms with E-state index in [9.17, 15) is 4.79 Å². The number of nitrogens with zero attached hydrogens (tertiary/aromatic N) is 2. The third-order valence-electron chi connectivity index (χ3n) is 4.75. The lowest BCUT2D eigenvalue weighted by Gasteiger charge is -2.19. The van der Waals surface area contributed by atoms with E-state index in [0.29, 0.717) is 18.1 Å². The summed E-state index contributed by atoms with van der Waals surface area (Å²) in [6.45, 7) is 4.57. The summed E-state index contributed by atoms with van der Waals surface area (Å²) in [5.41, 5.74) is 4.14. The van der Waals surface area contributed by atoms with Gasteiger partial charge in [0.2, 0.25) is 0 Å². The summed E-state index contributed by atoms with van der Waals surface area (Å²) < 4.78 is 6.51. The molecule has 150 valence electrons. The fourth-order valence-corrected chi connectivity index (χ4v) is 3.49. The molecular weight excluding hydrogens is 440 g/mol. The Bertz CT molecular complexity index is 1120. The van der Waals surface area contributed by atoms with Gasteiger partial charge in [-0.15, -0.1) is 0 Å². The number of aliphatic imine (C=N–C) groups is 1. The van der Waals surface area contributed by atoms with Gasteiger partial charge in [-0.1, -0.05) is 57.9 Å². The normalized spacial score (nSPS) is 14.9. The van der Waals surface area contributed by atoms with E-state index in [4.69, 9.17) is 9.73 Å². The summed E-state index contributed by atoms with van der Waals surface area (Å²) in [5.74, 6) is 1.22. The number of amides is 1. The Kier molecular flexibility index (Phi) is 5.81. The zero-order chi connectivity index (χ0) is 21.1. The molecular formula is C25H21BrN2O2. The highest BCUT2D eigenvalue weighted by Crippen LogP contribution is 2.29. The number of halogens is 1. The summed E-state index contributed by atoms with van der Waals surface area (Å²) in [7, 11) is 0. The van der Waals surface area contributed by atoms with E-state index in [2.05, 4.69) is 15.9 Å². The lowest BCUT2D eigenvalue weighted by atomic mass is 10.1. The van der Waals surface area contributed by atoms with Crippen molar-refractivity contribution in [2.45, 2.75) is 13.8 Å². The Morgan fingerprint density at radius 2 is 1.63 bits per heavy atom. The monoisotopic (exact) mass is 460 g/mol. The van der Waals surface area contributed by atoms with Crippen LogP contribution in [0.3, 0.4) is 0 Å². The quantitative estimate of drug-likeness (QED) is 0.438. The maximum atomic E-state index is 13.3. The van der Waals surface area contributed by atoms with Gasteiger partial charge in [0.05, 0.1) is 12.3 Å². The Morgan fingerprint density at radius 1 is 0.967 bits per heavy atom. The topological polar surface area (TPSA) is 41.9 Å². The zero-order valence-corrected chi connectivity index (χ0v) is 18.4. The standard InChI is InChI=1S/C25H21BrN2O2/c1-3-30-22-14-12-21(13-15-22)28-24(19-8-10-20(26)11-9-19)27-23(25(28)29)16-18-6-4-17(2)5-7-18/h4-16H,3H2,1-2H3/b23-16+. The van der Waals surface area contributed by atoms with Crippen molar-refractivity contribution in [2.24, 2.45) is 4.99 Å². The summed E-state index contributed by atoms with van der Waals surface area (Å²) in [4.78, 5) is 19.7. The molecule has 0 bridgehead atoms. The number of hydrogen-bond acceptors (Lipinski definition) is 3. The average Bonchev–Trinajstić information content (AvgIpc) is 3.07. The SMILES string of the molecule is CCOc1ccc(N2C(=O)/C(=C\c3ccc(C)cc3)N=C2c2ccc(Br)cc2)cc1. The Morgan fingerprint density at radius 3 is 2.27 bits per heavy atom. The van der Waals surface area contributed by atoms with E-state index in [1.165, 1.54) is 5.56 Å². The Labute approximate surface area is 184 Å². The molecule has 5 heteroatoms. The number of carbonyl (C=O) groups is 1. The van der Waals surface area contributed by atoms with Gasteiger partial charge in [-0.05, 0) is 61.9 Å². The number of carbonyl (C=O) groups excluding carboxylic acids is 1. The fraction of sp³-hybridized carbons (Fsp3) is 0.120. The van der Waals surface area contributed by atoms with Gasteiger partial charge in [-0.25, -0.2) is 4.99 Å². The van der Waals surface area contributed by atoms with E-state index >= 15 is 0 Å². The number of anilines is 1. The van der Waals surface area contributed by atoms with Crippen LogP contribution in [0.2, 0.25) is 0 Å². The largest absolute Gasteiger partial charge is 0.494 e. The van der Waals surface area contributed by atoms with Gasteiger partial charge in [0.15, 0.2) is 0 Å². The van der Waals surface area contributed by atoms with Crippen LogP contribution in [0.25, 0.3) is 6.08 Å². The van der Waals surface area contributed by atoms with Crippen LogP contribution in [-0.4, -0.2) is 18.3 Å². The summed E-state index contributed by atoms with van der Waals surface area (Å²) in [6, 6.07) is 23.3. The van der Waals surface area contributed by atoms with Crippen LogP contribution in [0.1, 0.15) is 23.6 Å². The second-order valence-electron chi connectivity index (χ2n) is 6.95. The molecule has 3 aromatic carbocycles. The van der Waals surface area contributed by atoms with Crippen LogP contribution in [0.15, 0.2) is 88.0 Å². The van der Waals surface area contributed by atoms with Crippen molar-refractivity contribution in [3.8, 4) is 5.75 Å². The van der Waals surface area contributed by atoms with E-state index in [-0.39, 0.29) is 5.91 Å². The molecule has 30 heavy (non-hydrogen) atoms. The van der Waals surface area contributed by atoms with Gasteiger partial charge in [0, 0.05) is 10.0 Å². The highest BCUT2D eigenvalue weighted by atomic mass is 79.9. The Hall–Kier alpha value is -3.18. The number of aryl methyl sites for hydroxylation is 1. The number of amidine groups is 1. The third kappa shape index (κ3) is 4.21. The van der Waals surface area contributed by atoms with Crippen molar-refractivity contribution in [3.63, 3.8) is 0 Å². The minimum atomic E-state index is -0.155. The van der Waals surface area contributed by atoms with E-state index < -0.39 is 0 Å². The summed E-state index contributed by atoms with van der Waals surface area (Å²) in [6.07, 6.45) is 1.83. The molecule has 1 amide bonds. The minimum Gasteiger partial charge on any atom is -0.494 e. The number of benzene rings is 3. The number of ether oxygens (including phenoxy) is 1. The van der Waals surface area contributed by atoms with Crippen LogP contribution >= 0.6 is 15.9 Å². The maximum absolute atomic E-state index is 13.3. The molecule has 0 N–H and O–H groups in total. The molecule has 0 aliphatic carbocycles. The molecule has 0 atom stereocenters. The molecule has 0 spiro atoms. The molecule has 1 aliphatic rings. The predicted molar refractivity (Wildman–Crippen MR) is 125 cm³/mol. The van der Waals surface area contributed by atoms with Crippen molar-refractivity contribution in [1.29, 1.82) is 0 Å². The fourth-order valence-electron chi connectivity index (χ4n) is 3.23. The van der Waals surface area contributed by atoms with Crippen molar-refractivity contribution in [1.82, 2.24) is 0 Å². The van der Waals surface area contributed by atoms with Crippen LogP contribution in [0.5, 0.6) is 5.75 Å². The maximum Gasteiger partial charge on any atom is 0.282 e. The molecule has 4 rings (SSSR count). The smallest absolute Gasteiger partial charge is 0.282 e. The molecule has 1 heterocycles. The first kappa shape index (κ1) is 20.1. The molecule has 0 radical (unpaired) electrons. The second-order valence-corrected chi connectivity index (χ2v) is 7.87. The molecule has 0 saturated carbocycles. The van der Waals surface area contributed by atoms with Gasteiger partial charge in [0.1, 0.15) is 17.3 Å². The Balaban J connectivity index is 1.76. The van der Waals surface area contributed by atoms with Gasteiger partial charge in [0.25, 0.3) is 5.91 Å². The van der Waals surface area contributed by atoms with Crippen molar-refractivity contribution >= 4 is 39.4 Å². The first-order valence-corrected chi connectivity index (χ1v) is 10.5. The highest BCUT2D eigenvalue weighted by molar-refractivity contribution is 9.10. The van der Waals surface area contributed by atoms with E-state index in [1.54, 1.807) is 4.90 Å². The van der Waals surface area contributed by atoms with Crippen LogP contribution in [0.4, 0.5) is 5.69 Å². The summed E-state index contributed by atoms with van der Waals surface area (Å²) in [5, 5.41) is 0. The molecule has 0 fully saturated rings.